The van der Waals surface area contributed by atoms with Crippen LogP contribution in [0.3, 0.4) is 0 Å². The van der Waals surface area contributed by atoms with E-state index in [1.807, 2.05) is 20.8 Å². The van der Waals surface area contributed by atoms with Gasteiger partial charge in [-0.1, -0.05) is 27.2 Å². The van der Waals surface area contributed by atoms with Crippen molar-refractivity contribution < 1.29 is 10.2 Å². The van der Waals surface area contributed by atoms with Crippen LogP contribution in [-0.4, -0.2) is 16.0 Å². The van der Waals surface area contributed by atoms with Crippen LogP contribution in [-0.2, 0) is 0 Å². The van der Waals surface area contributed by atoms with E-state index >= 15 is 0 Å². The molecule has 2 heteroatoms. The van der Waals surface area contributed by atoms with Crippen molar-refractivity contribution in [1.29, 1.82) is 0 Å². The molecule has 0 aliphatic carbocycles. The fraction of sp³-hybridized carbons (Fsp3) is 1.00. The number of aliphatic hydroxyl groups is 2. The van der Waals surface area contributed by atoms with Gasteiger partial charge >= 0.3 is 0 Å². The van der Waals surface area contributed by atoms with Crippen LogP contribution in [0, 0.1) is 11.8 Å². The van der Waals surface area contributed by atoms with Gasteiger partial charge in [0.05, 0.1) is 0 Å². The van der Waals surface area contributed by atoms with Gasteiger partial charge in [0.25, 0.3) is 0 Å². The summed E-state index contributed by atoms with van der Waals surface area (Å²) in [6, 6.07) is 0. The lowest BCUT2D eigenvalue weighted by Gasteiger charge is -2.28. The minimum absolute atomic E-state index is 0.0579. The Balaban J connectivity index is 3.94. The van der Waals surface area contributed by atoms with Crippen molar-refractivity contribution >= 4 is 0 Å². The minimum atomic E-state index is -1.52. The molecule has 0 rings (SSSR count). The third kappa shape index (κ3) is 2.67. The second kappa shape index (κ2) is 3.35. The topological polar surface area (TPSA) is 40.5 Å². The molecule has 0 bridgehead atoms. The van der Waals surface area contributed by atoms with E-state index in [2.05, 4.69) is 0 Å². The summed E-state index contributed by atoms with van der Waals surface area (Å²) in [4.78, 5) is 0. The lowest BCUT2D eigenvalue weighted by Crippen LogP contribution is -2.35. The first-order valence-corrected chi connectivity index (χ1v) is 3.84. The first-order valence-electron chi connectivity index (χ1n) is 3.84. The van der Waals surface area contributed by atoms with Crippen molar-refractivity contribution in [3.63, 3.8) is 0 Å². The Bertz CT molecular complexity index is 93.9. The molecule has 0 aliphatic rings. The summed E-state index contributed by atoms with van der Waals surface area (Å²) in [7, 11) is 0. The first kappa shape index (κ1) is 9.92. The maximum absolute atomic E-state index is 9.14. The number of hydrogen-bond acceptors (Lipinski definition) is 2. The SMILES string of the molecule is CCC(C)C(C)C(C)(O)O. The van der Waals surface area contributed by atoms with Crippen LogP contribution in [0.1, 0.15) is 34.1 Å². The van der Waals surface area contributed by atoms with Gasteiger partial charge in [-0.3, -0.25) is 0 Å². The van der Waals surface area contributed by atoms with Gasteiger partial charge in [-0.05, 0) is 12.8 Å². The standard InChI is InChI=1S/C8H18O2/c1-5-6(2)7(3)8(4,9)10/h6-7,9-10H,5H2,1-4H3. The zero-order valence-electron chi connectivity index (χ0n) is 7.26. The van der Waals surface area contributed by atoms with E-state index in [9.17, 15) is 0 Å². The van der Waals surface area contributed by atoms with E-state index in [4.69, 9.17) is 10.2 Å². The van der Waals surface area contributed by atoms with Crippen molar-refractivity contribution in [1.82, 2.24) is 0 Å². The summed E-state index contributed by atoms with van der Waals surface area (Å²) in [5, 5.41) is 18.3. The fourth-order valence-corrected chi connectivity index (χ4v) is 0.893. The van der Waals surface area contributed by atoms with Crippen LogP contribution in [0.25, 0.3) is 0 Å². The highest BCUT2D eigenvalue weighted by Gasteiger charge is 2.28. The van der Waals surface area contributed by atoms with Gasteiger partial charge < -0.3 is 10.2 Å². The van der Waals surface area contributed by atoms with Crippen LogP contribution in [0.4, 0.5) is 0 Å². The molecule has 0 heterocycles. The molecule has 0 spiro atoms. The van der Waals surface area contributed by atoms with Crippen LogP contribution in [0.5, 0.6) is 0 Å². The normalized spacial score (nSPS) is 18.6. The van der Waals surface area contributed by atoms with Crippen molar-refractivity contribution in [2.24, 2.45) is 11.8 Å². The molecule has 0 amide bonds. The van der Waals surface area contributed by atoms with E-state index in [0.29, 0.717) is 5.92 Å². The molecule has 0 aliphatic heterocycles. The molecular formula is C8H18O2. The predicted octanol–water partition coefficient (Wildman–Crippen LogP) is 1.37. The third-order valence-electron chi connectivity index (χ3n) is 2.36. The Morgan fingerprint density at radius 3 is 1.80 bits per heavy atom. The maximum Gasteiger partial charge on any atom is 0.162 e. The average molecular weight is 146 g/mol. The molecule has 0 aromatic rings. The summed E-state index contributed by atoms with van der Waals surface area (Å²) in [6.07, 6.45) is 0.984. The predicted molar refractivity (Wildman–Crippen MR) is 41.5 cm³/mol. The Kier molecular flexibility index (Phi) is 3.33. The highest BCUT2D eigenvalue weighted by Crippen LogP contribution is 2.23. The van der Waals surface area contributed by atoms with E-state index in [1.54, 1.807) is 0 Å². The Labute approximate surface area is 62.9 Å². The molecule has 2 unspecified atom stereocenters. The fourth-order valence-electron chi connectivity index (χ4n) is 0.893. The van der Waals surface area contributed by atoms with Crippen LogP contribution in [0.15, 0.2) is 0 Å². The van der Waals surface area contributed by atoms with Gasteiger partial charge in [0.2, 0.25) is 0 Å². The van der Waals surface area contributed by atoms with Gasteiger partial charge in [0, 0.05) is 5.92 Å². The minimum Gasteiger partial charge on any atom is -0.366 e. The molecule has 0 saturated heterocycles. The summed E-state index contributed by atoms with van der Waals surface area (Å²) in [6.45, 7) is 7.36. The summed E-state index contributed by atoms with van der Waals surface area (Å²) in [5.41, 5.74) is 0. The highest BCUT2D eigenvalue weighted by atomic mass is 16.5. The first-order chi connectivity index (χ1) is 4.39. The van der Waals surface area contributed by atoms with Gasteiger partial charge in [0.1, 0.15) is 0 Å². The lowest BCUT2D eigenvalue weighted by atomic mass is 9.87. The number of hydrogen-bond donors (Lipinski definition) is 2. The average Bonchev–Trinajstić information content (AvgIpc) is 1.83. The van der Waals surface area contributed by atoms with Gasteiger partial charge in [-0.2, -0.15) is 0 Å². The van der Waals surface area contributed by atoms with Gasteiger partial charge in [-0.25, -0.2) is 0 Å². The molecule has 2 atom stereocenters. The van der Waals surface area contributed by atoms with E-state index in [1.165, 1.54) is 6.92 Å². The van der Waals surface area contributed by atoms with E-state index in [0.717, 1.165) is 6.42 Å². The maximum atomic E-state index is 9.14. The van der Waals surface area contributed by atoms with E-state index < -0.39 is 5.79 Å². The molecule has 0 radical (unpaired) electrons. The zero-order chi connectivity index (χ0) is 8.36. The summed E-state index contributed by atoms with van der Waals surface area (Å²) in [5.74, 6) is -1.22. The van der Waals surface area contributed by atoms with Crippen LogP contribution >= 0.6 is 0 Å². The third-order valence-corrected chi connectivity index (χ3v) is 2.36. The van der Waals surface area contributed by atoms with Crippen molar-refractivity contribution in [3.05, 3.63) is 0 Å². The monoisotopic (exact) mass is 146 g/mol. The van der Waals surface area contributed by atoms with Crippen molar-refractivity contribution in [2.75, 3.05) is 0 Å². The molecule has 10 heavy (non-hydrogen) atoms. The molecular weight excluding hydrogens is 128 g/mol. The summed E-state index contributed by atoms with van der Waals surface area (Å²) < 4.78 is 0. The molecule has 62 valence electrons. The van der Waals surface area contributed by atoms with Crippen molar-refractivity contribution in [2.45, 2.75) is 39.9 Å². The quantitative estimate of drug-likeness (QED) is 0.590. The molecule has 2 N–H and O–H groups in total. The molecule has 0 aromatic heterocycles. The second-order valence-electron chi connectivity index (χ2n) is 3.27. The van der Waals surface area contributed by atoms with Gasteiger partial charge in [-0.15, -0.1) is 0 Å². The van der Waals surface area contributed by atoms with Crippen LogP contribution in [0.2, 0.25) is 0 Å². The smallest absolute Gasteiger partial charge is 0.162 e. The Hall–Kier alpha value is -0.0800. The lowest BCUT2D eigenvalue weighted by molar-refractivity contribution is -0.191. The zero-order valence-corrected chi connectivity index (χ0v) is 7.26. The largest absolute Gasteiger partial charge is 0.366 e. The molecule has 0 aromatic carbocycles. The molecule has 2 nitrogen and oxygen atoms in total. The number of rotatable bonds is 3. The Morgan fingerprint density at radius 1 is 1.30 bits per heavy atom. The molecule has 0 fully saturated rings. The molecule has 0 saturated carbocycles. The highest BCUT2D eigenvalue weighted by molar-refractivity contribution is 4.70. The summed E-state index contributed by atoms with van der Waals surface area (Å²) >= 11 is 0. The van der Waals surface area contributed by atoms with Crippen LogP contribution < -0.4 is 0 Å². The van der Waals surface area contributed by atoms with E-state index in [-0.39, 0.29) is 5.92 Å². The second-order valence-corrected chi connectivity index (χ2v) is 3.27. The van der Waals surface area contributed by atoms with Crippen molar-refractivity contribution in [3.8, 4) is 0 Å². The Morgan fingerprint density at radius 2 is 1.70 bits per heavy atom. The van der Waals surface area contributed by atoms with Gasteiger partial charge in [0.15, 0.2) is 5.79 Å².